The van der Waals surface area contributed by atoms with E-state index in [1.807, 2.05) is 13.0 Å². The predicted molar refractivity (Wildman–Crippen MR) is 137 cm³/mol. The number of H-pyrrole nitrogens is 1. The Balaban J connectivity index is 1.53. The second-order valence-electron chi connectivity index (χ2n) is 9.23. The number of nitrogens with one attached hydrogen (secondary N) is 4. The first-order chi connectivity index (χ1) is 17.4. The number of hydrogen-bond donors (Lipinski definition) is 5. The molecule has 2 aliphatic heterocycles. The Labute approximate surface area is 210 Å². The third-order valence-corrected chi connectivity index (χ3v) is 6.58. The van der Waals surface area contributed by atoms with Crippen LogP contribution in [0.3, 0.4) is 0 Å². The Hall–Kier alpha value is -3.79. The summed E-state index contributed by atoms with van der Waals surface area (Å²) in [6.45, 7) is 5.70. The smallest absolute Gasteiger partial charge is 0.256 e. The van der Waals surface area contributed by atoms with Crippen molar-refractivity contribution in [1.82, 2.24) is 15.2 Å². The van der Waals surface area contributed by atoms with Crippen molar-refractivity contribution < 1.29 is 24.2 Å². The molecule has 192 valence electrons. The summed E-state index contributed by atoms with van der Waals surface area (Å²) < 4.78 is 12.0. The van der Waals surface area contributed by atoms with Crippen LogP contribution >= 0.6 is 0 Å². The Morgan fingerprint density at radius 1 is 1.36 bits per heavy atom. The highest BCUT2D eigenvalue weighted by molar-refractivity contribution is 5.98. The van der Waals surface area contributed by atoms with Crippen LogP contribution in [-0.2, 0) is 4.79 Å². The lowest BCUT2D eigenvalue weighted by atomic mass is 9.81. The molecule has 36 heavy (non-hydrogen) atoms. The molecule has 10 heteroatoms. The zero-order valence-corrected chi connectivity index (χ0v) is 20.6. The SMILES string of the molecule is CCCNc1ccc(O/C(=C/C=N)c2[nH]cc(C(=O)N3CC4(O)CC3C4)c2C)cc1OCCNC=O. The summed E-state index contributed by atoms with van der Waals surface area (Å²) in [6.07, 6.45) is 7.13. The zero-order chi connectivity index (χ0) is 25.7. The molecule has 3 fully saturated rings. The number of aromatic amines is 1. The minimum Gasteiger partial charge on any atom is -0.489 e. The van der Waals surface area contributed by atoms with E-state index in [-0.39, 0.29) is 11.9 Å². The number of carbonyl (C=O) groups excluding carboxylic acids is 2. The molecule has 1 saturated carbocycles. The molecule has 1 aromatic heterocycles. The summed E-state index contributed by atoms with van der Waals surface area (Å²) in [4.78, 5) is 28.5. The van der Waals surface area contributed by atoms with Crippen molar-refractivity contribution in [3.63, 3.8) is 0 Å². The Morgan fingerprint density at radius 2 is 2.17 bits per heavy atom. The normalized spacial score (nSPS) is 20.5. The molecule has 2 saturated heterocycles. The number of aromatic nitrogens is 1. The lowest BCUT2D eigenvalue weighted by molar-refractivity contribution is -0.109. The fourth-order valence-corrected chi connectivity index (χ4v) is 4.72. The van der Waals surface area contributed by atoms with Crippen LogP contribution in [0.15, 0.2) is 30.5 Å². The van der Waals surface area contributed by atoms with Crippen LogP contribution in [0, 0.1) is 12.3 Å². The van der Waals surface area contributed by atoms with Gasteiger partial charge in [0, 0.05) is 37.1 Å². The van der Waals surface area contributed by atoms with Crippen molar-refractivity contribution in [2.24, 2.45) is 0 Å². The van der Waals surface area contributed by atoms with Gasteiger partial charge in [-0.05, 0) is 43.9 Å². The van der Waals surface area contributed by atoms with E-state index >= 15 is 0 Å². The number of amides is 2. The minimum absolute atomic E-state index is 0.0908. The number of aliphatic hydroxyl groups is 1. The van der Waals surface area contributed by atoms with Crippen LogP contribution in [-0.4, -0.2) is 71.4 Å². The second-order valence-corrected chi connectivity index (χ2v) is 9.23. The molecule has 5 N–H and O–H groups in total. The van der Waals surface area contributed by atoms with Gasteiger partial charge in [-0.3, -0.25) is 9.59 Å². The van der Waals surface area contributed by atoms with Crippen molar-refractivity contribution >= 4 is 30.0 Å². The number of benzene rings is 1. The molecule has 2 aromatic rings. The first-order valence-electron chi connectivity index (χ1n) is 12.2. The Morgan fingerprint density at radius 3 is 2.83 bits per heavy atom. The van der Waals surface area contributed by atoms with Crippen LogP contribution in [0.2, 0.25) is 0 Å². The van der Waals surface area contributed by atoms with E-state index in [9.17, 15) is 14.7 Å². The molecule has 2 bridgehead atoms. The van der Waals surface area contributed by atoms with Gasteiger partial charge in [0.1, 0.15) is 18.1 Å². The number of rotatable bonds is 13. The fourth-order valence-electron chi connectivity index (χ4n) is 4.72. The molecule has 0 radical (unpaired) electrons. The molecule has 5 rings (SSSR count). The molecule has 0 spiro atoms. The maximum absolute atomic E-state index is 13.2. The quantitative estimate of drug-likeness (QED) is 0.125. The minimum atomic E-state index is -0.733. The summed E-state index contributed by atoms with van der Waals surface area (Å²) in [7, 11) is 0. The summed E-state index contributed by atoms with van der Waals surface area (Å²) in [5.41, 5.74) is 1.90. The molecule has 1 aliphatic carbocycles. The zero-order valence-electron chi connectivity index (χ0n) is 20.6. The highest BCUT2D eigenvalue weighted by Crippen LogP contribution is 2.45. The average molecular weight is 496 g/mol. The summed E-state index contributed by atoms with van der Waals surface area (Å²) in [6, 6.07) is 5.50. The largest absolute Gasteiger partial charge is 0.489 e. The fraction of sp³-hybridized carbons (Fsp3) is 0.423. The van der Waals surface area contributed by atoms with Gasteiger partial charge in [0.05, 0.1) is 35.6 Å². The molecule has 0 atom stereocenters. The molecule has 3 aliphatic rings. The van der Waals surface area contributed by atoms with E-state index in [1.54, 1.807) is 23.2 Å². The molecule has 2 amide bonds. The van der Waals surface area contributed by atoms with E-state index in [0.29, 0.717) is 73.0 Å². The standard InChI is InChI=1S/C26H33N5O5/c1-3-8-29-21-5-4-19(11-23(21)35-10-9-28-16-32)36-22(6-7-27)24-17(2)20(14-30-24)25(33)31-15-26(34)12-18(31)13-26/h4-7,11,14,16,18,27,29-30,34H,3,8-10,12-13,15H2,1-2H3,(H,28,32)/b22-6+,27-7?. The number of nitrogens with zero attached hydrogens (tertiary/aromatic N) is 1. The van der Waals surface area contributed by atoms with Crippen LogP contribution in [0.1, 0.15) is 47.8 Å². The molecule has 1 aromatic carbocycles. The first-order valence-corrected chi connectivity index (χ1v) is 12.2. The predicted octanol–water partition coefficient (Wildman–Crippen LogP) is 2.69. The number of fused-ring (bicyclic) bond motifs is 1. The van der Waals surface area contributed by atoms with Gasteiger partial charge in [0.25, 0.3) is 5.91 Å². The van der Waals surface area contributed by atoms with E-state index in [1.165, 1.54) is 6.08 Å². The third-order valence-electron chi connectivity index (χ3n) is 6.58. The van der Waals surface area contributed by atoms with Gasteiger partial charge < -0.3 is 40.5 Å². The Bertz CT molecular complexity index is 1150. The van der Waals surface area contributed by atoms with Crippen molar-refractivity contribution in [3.05, 3.63) is 47.3 Å². The monoisotopic (exact) mass is 495 g/mol. The van der Waals surface area contributed by atoms with Gasteiger partial charge in [-0.1, -0.05) is 6.92 Å². The first kappa shape index (κ1) is 25.3. The van der Waals surface area contributed by atoms with Crippen LogP contribution in [0.4, 0.5) is 5.69 Å². The number of anilines is 1. The van der Waals surface area contributed by atoms with Gasteiger partial charge in [0.15, 0.2) is 5.76 Å². The van der Waals surface area contributed by atoms with Crippen molar-refractivity contribution in [3.8, 4) is 11.5 Å². The average Bonchev–Trinajstić information content (AvgIpc) is 3.50. The molecular weight excluding hydrogens is 462 g/mol. The lowest BCUT2D eigenvalue weighted by Gasteiger charge is -2.31. The maximum Gasteiger partial charge on any atom is 0.256 e. The second kappa shape index (κ2) is 10.9. The van der Waals surface area contributed by atoms with E-state index < -0.39 is 5.60 Å². The van der Waals surface area contributed by atoms with E-state index in [2.05, 4.69) is 22.5 Å². The van der Waals surface area contributed by atoms with E-state index in [4.69, 9.17) is 14.9 Å². The van der Waals surface area contributed by atoms with E-state index in [0.717, 1.165) is 24.9 Å². The molecular formula is C26H33N5O5. The van der Waals surface area contributed by atoms with Crippen molar-refractivity contribution in [2.45, 2.75) is 44.8 Å². The van der Waals surface area contributed by atoms with Crippen LogP contribution < -0.4 is 20.1 Å². The highest BCUT2D eigenvalue weighted by Gasteiger charge is 2.55. The summed E-state index contributed by atoms with van der Waals surface area (Å²) in [5.74, 6) is 1.34. The van der Waals surface area contributed by atoms with Gasteiger partial charge in [-0.15, -0.1) is 0 Å². The number of hydrogen-bond acceptors (Lipinski definition) is 7. The summed E-state index contributed by atoms with van der Waals surface area (Å²) >= 11 is 0. The van der Waals surface area contributed by atoms with Crippen molar-refractivity contribution in [1.29, 1.82) is 5.41 Å². The molecule has 10 nitrogen and oxygen atoms in total. The highest BCUT2D eigenvalue weighted by atomic mass is 16.5. The number of ether oxygens (including phenoxy) is 2. The third kappa shape index (κ3) is 5.23. The Kier molecular flexibility index (Phi) is 7.64. The van der Waals surface area contributed by atoms with Gasteiger partial charge >= 0.3 is 0 Å². The van der Waals surface area contributed by atoms with Crippen LogP contribution in [0.25, 0.3) is 5.76 Å². The van der Waals surface area contributed by atoms with Gasteiger partial charge in [0.2, 0.25) is 6.41 Å². The lowest BCUT2D eigenvalue weighted by Crippen LogP contribution is -2.40. The van der Waals surface area contributed by atoms with Gasteiger partial charge in [-0.2, -0.15) is 0 Å². The maximum atomic E-state index is 13.2. The van der Waals surface area contributed by atoms with Crippen LogP contribution in [0.5, 0.6) is 11.5 Å². The number of carbonyl (C=O) groups is 2. The topological polar surface area (TPSA) is 140 Å². The van der Waals surface area contributed by atoms with Crippen molar-refractivity contribution in [2.75, 3.05) is 31.6 Å². The number of allylic oxidation sites excluding steroid dienone is 1. The molecule has 0 unspecified atom stereocenters. The van der Waals surface area contributed by atoms with Gasteiger partial charge in [-0.25, -0.2) is 0 Å². The summed E-state index contributed by atoms with van der Waals surface area (Å²) in [5, 5.41) is 23.8. The molecule has 3 heterocycles.